The number of benzene rings is 1. The largest absolute Gasteiger partial charge is 0.389 e. The second-order valence-electron chi connectivity index (χ2n) is 4.03. The van der Waals surface area contributed by atoms with Crippen LogP contribution in [0.2, 0.25) is 0 Å². The summed E-state index contributed by atoms with van der Waals surface area (Å²) in [6.07, 6.45) is 1.61. The Balaban J connectivity index is 2.14. The van der Waals surface area contributed by atoms with E-state index < -0.39 is 0 Å². The molecule has 2 heterocycles. The van der Waals surface area contributed by atoms with Gasteiger partial charge in [0, 0.05) is 34.5 Å². The van der Waals surface area contributed by atoms with Gasteiger partial charge < -0.3 is 10.0 Å². The summed E-state index contributed by atoms with van der Waals surface area (Å²) in [6.45, 7) is 1.36. The van der Waals surface area contributed by atoms with E-state index in [4.69, 9.17) is 0 Å². The van der Waals surface area contributed by atoms with E-state index in [9.17, 15) is 5.11 Å². The van der Waals surface area contributed by atoms with Crippen LogP contribution in [0.1, 0.15) is 0 Å². The molecule has 1 N–H and O–H groups in total. The summed E-state index contributed by atoms with van der Waals surface area (Å²) < 4.78 is 1.08. The summed E-state index contributed by atoms with van der Waals surface area (Å²) in [5, 5.41) is 11.6. The van der Waals surface area contributed by atoms with Gasteiger partial charge in [-0.15, -0.1) is 0 Å². The number of nitrogens with zero attached hydrogens (tertiary/aromatic N) is 2. The minimum Gasteiger partial charge on any atom is -0.389 e. The Morgan fingerprint density at radius 1 is 1.25 bits per heavy atom. The predicted molar refractivity (Wildman–Crippen MR) is 67.7 cm³/mol. The van der Waals surface area contributed by atoms with Crippen molar-refractivity contribution in [1.29, 1.82) is 0 Å². The molecule has 4 heteroatoms. The molecular weight excluding hydrogens is 268 g/mol. The van der Waals surface area contributed by atoms with Crippen molar-refractivity contribution in [3.63, 3.8) is 0 Å². The van der Waals surface area contributed by atoms with Gasteiger partial charge in [-0.2, -0.15) is 0 Å². The van der Waals surface area contributed by atoms with Crippen molar-refractivity contribution in [2.75, 3.05) is 18.0 Å². The zero-order chi connectivity index (χ0) is 11.1. The van der Waals surface area contributed by atoms with Crippen LogP contribution in [0.25, 0.3) is 10.8 Å². The number of hydrogen-bond donors (Lipinski definition) is 1. The van der Waals surface area contributed by atoms with Crippen LogP contribution in [-0.2, 0) is 0 Å². The SMILES string of the molecule is OC1CN(c2nccc3c(Br)cccc23)C1. The average Bonchev–Trinajstić information content (AvgIpc) is 2.25. The van der Waals surface area contributed by atoms with E-state index in [0.717, 1.165) is 21.1 Å². The number of aromatic nitrogens is 1. The van der Waals surface area contributed by atoms with Gasteiger partial charge in [0.15, 0.2) is 0 Å². The number of rotatable bonds is 1. The zero-order valence-electron chi connectivity index (χ0n) is 8.60. The molecule has 1 aliphatic rings. The lowest BCUT2D eigenvalue weighted by molar-refractivity contribution is 0.141. The second kappa shape index (κ2) is 3.71. The molecular formula is C12H11BrN2O. The van der Waals surface area contributed by atoms with Crippen molar-refractivity contribution in [3.8, 4) is 0 Å². The fraction of sp³-hybridized carbons (Fsp3) is 0.250. The Bertz CT molecular complexity index is 538. The number of aliphatic hydroxyl groups excluding tert-OH is 1. The minimum absolute atomic E-state index is 0.204. The van der Waals surface area contributed by atoms with Gasteiger partial charge in [0.1, 0.15) is 5.82 Å². The molecule has 0 spiro atoms. The highest BCUT2D eigenvalue weighted by atomic mass is 79.9. The van der Waals surface area contributed by atoms with Crippen molar-refractivity contribution in [3.05, 3.63) is 34.9 Å². The Labute approximate surface area is 102 Å². The fourth-order valence-electron chi connectivity index (χ4n) is 2.03. The topological polar surface area (TPSA) is 36.4 Å². The first-order valence-electron chi connectivity index (χ1n) is 5.22. The summed E-state index contributed by atoms with van der Waals surface area (Å²) in [6, 6.07) is 8.09. The molecule has 1 fully saturated rings. The fourth-order valence-corrected chi connectivity index (χ4v) is 2.53. The maximum atomic E-state index is 9.33. The Kier molecular flexibility index (Phi) is 2.33. The molecule has 0 radical (unpaired) electrons. The van der Waals surface area contributed by atoms with Crippen LogP contribution >= 0.6 is 15.9 Å². The quantitative estimate of drug-likeness (QED) is 0.869. The van der Waals surface area contributed by atoms with Crippen molar-refractivity contribution in [2.45, 2.75) is 6.10 Å². The molecule has 1 saturated heterocycles. The summed E-state index contributed by atoms with van der Waals surface area (Å²) in [5.74, 6) is 0.962. The molecule has 82 valence electrons. The van der Waals surface area contributed by atoms with Gasteiger partial charge in [0.05, 0.1) is 6.10 Å². The number of hydrogen-bond acceptors (Lipinski definition) is 3. The van der Waals surface area contributed by atoms with Crippen LogP contribution in [0.5, 0.6) is 0 Å². The van der Waals surface area contributed by atoms with Gasteiger partial charge in [-0.25, -0.2) is 4.98 Å². The number of halogens is 1. The molecule has 1 aromatic heterocycles. The number of anilines is 1. The van der Waals surface area contributed by atoms with E-state index in [-0.39, 0.29) is 6.10 Å². The Morgan fingerprint density at radius 2 is 2.06 bits per heavy atom. The van der Waals surface area contributed by atoms with Crippen molar-refractivity contribution in [1.82, 2.24) is 4.98 Å². The molecule has 0 amide bonds. The van der Waals surface area contributed by atoms with Crippen LogP contribution in [0, 0.1) is 0 Å². The Morgan fingerprint density at radius 3 is 2.81 bits per heavy atom. The lowest BCUT2D eigenvalue weighted by atomic mass is 10.1. The van der Waals surface area contributed by atoms with Gasteiger partial charge >= 0.3 is 0 Å². The molecule has 0 atom stereocenters. The van der Waals surface area contributed by atoms with Crippen LogP contribution in [-0.4, -0.2) is 29.3 Å². The monoisotopic (exact) mass is 278 g/mol. The third-order valence-electron chi connectivity index (χ3n) is 2.89. The van der Waals surface area contributed by atoms with Gasteiger partial charge in [-0.05, 0) is 12.1 Å². The summed E-state index contributed by atoms with van der Waals surface area (Å²) >= 11 is 3.54. The van der Waals surface area contributed by atoms with E-state index in [1.54, 1.807) is 0 Å². The van der Waals surface area contributed by atoms with Crippen molar-refractivity contribution >= 4 is 32.5 Å². The summed E-state index contributed by atoms with van der Waals surface area (Å²) in [5.41, 5.74) is 0. The molecule has 1 aromatic carbocycles. The summed E-state index contributed by atoms with van der Waals surface area (Å²) in [4.78, 5) is 6.50. The lowest BCUT2D eigenvalue weighted by Crippen LogP contribution is -2.51. The number of pyridine rings is 1. The molecule has 0 saturated carbocycles. The second-order valence-corrected chi connectivity index (χ2v) is 4.88. The highest BCUT2D eigenvalue weighted by molar-refractivity contribution is 9.10. The number of aliphatic hydroxyl groups is 1. The van der Waals surface area contributed by atoms with E-state index >= 15 is 0 Å². The van der Waals surface area contributed by atoms with Crippen LogP contribution < -0.4 is 4.90 Å². The van der Waals surface area contributed by atoms with Gasteiger partial charge in [-0.1, -0.05) is 28.1 Å². The maximum absolute atomic E-state index is 9.33. The molecule has 16 heavy (non-hydrogen) atoms. The van der Waals surface area contributed by atoms with E-state index in [1.807, 2.05) is 24.4 Å². The molecule has 0 unspecified atom stereocenters. The standard InChI is InChI=1S/C12H11BrN2O/c13-11-3-1-2-10-9(11)4-5-14-12(10)15-6-8(16)7-15/h1-5,8,16H,6-7H2. The molecule has 3 rings (SSSR count). The molecule has 1 aliphatic heterocycles. The third-order valence-corrected chi connectivity index (χ3v) is 3.59. The highest BCUT2D eigenvalue weighted by Gasteiger charge is 2.26. The molecule has 2 aromatic rings. The minimum atomic E-state index is -0.204. The van der Waals surface area contributed by atoms with Crippen molar-refractivity contribution in [2.24, 2.45) is 0 Å². The van der Waals surface area contributed by atoms with E-state index in [0.29, 0.717) is 13.1 Å². The molecule has 3 nitrogen and oxygen atoms in total. The maximum Gasteiger partial charge on any atom is 0.136 e. The first kappa shape index (κ1) is 10.1. The predicted octanol–water partition coefficient (Wildman–Crippen LogP) is 2.18. The van der Waals surface area contributed by atoms with Crippen LogP contribution in [0.4, 0.5) is 5.82 Å². The molecule has 0 bridgehead atoms. The normalized spacial score (nSPS) is 16.5. The number of fused-ring (bicyclic) bond motifs is 1. The lowest BCUT2D eigenvalue weighted by Gasteiger charge is -2.37. The van der Waals surface area contributed by atoms with Gasteiger partial charge in [-0.3, -0.25) is 0 Å². The third kappa shape index (κ3) is 1.49. The Hall–Kier alpha value is -1.13. The summed E-state index contributed by atoms with van der Waals surface area (Å²) in [7, 11) is 0. The van der Waals surface area contributed by atoms with Crippen molar-refractivity contribution < 1.29 is 5.11 Å². The van der Waals surface area contributed by atoms with Gasteiger partial charge in [0.2, 0.25) is 0 Å². The van der Waals surface area contributed by atoms with Crippen LogP contribution in [0.3, 0.4) is 0 Å². The smallest absolute Gasteiger partial charge is 0.136 e. The van der Waals surface area contributed by atoms with E-state index in [2.05, 4.69) is 31.9 Å². The van der Waals surface area contributed by atoms with E-state index in [1.165, 1.54) is 0 Å². The molecule has 0 aliphatic carbocycles. The van der Waals surface area contributed by atoms with Gasteiger partial charge in [0.25, 0.3) is 0 Å². The first-order valence-corrected chi connectivity index (χ1v) is 6.01. The first-order chi connectivity index (χ1) is 7.75. The zero-order valence-corrected chi connectivity index (χ0v) is 10.2. The average molecular weight is 279 g/mol. The van der Waals surface area contributed by atoms with Crippen LogP contribution in [0.15, 0.2) is 34.9 Å². The number of β-amino-alcohol motifs (C(OH)–C–C–N with tert-alkyl or cyclic N) is 1. The highest BCUT2D eigenvalue weighted by Crippen LogP contribution is 2.31.